The Morgan fingerprint density at radius 3 is 2.62 bits per heavy atom. The molecular formula is C35H33ClN2O2. The van der Waals surface area contributed by atoms with Gasteiger partial charge in [-0.1, -0.05) is 71.8 Å². The molecular weight excluding hydrogens is 516 g/mol. The number of benzene rings is 4. The Hall–Kier alpha value is -4.02. The lowest BCUT2D eigenvalue weighted by molar-refractivity contribution is 0.269. The van der Waals surface area contributed by atoms with Crippen LogP contribution in [0.4, 0.5) is 11.4 Å². The number of hydrogen-bond acceptors (Lipinski definition) is 4. The predicted octanol–water partition coefficient (Wildman–Crippen LogP) is 9.20. The molecule has 6 rings (SSSR count). The molecule has 1 aliphatic heterocycles. The van der Waals surface area contributed by atoms with Gasteiger partial charge < -0.3 is 14.8 Å². The molecule has 0 saturated heterocycles. The second-order valence-electron chi connectivity index (χ2n) is 10.4. The van der Waals surface area contributed by atoms with Crippen molar-refractivity contribution in [2.75, 3.05) is 11.9 Å². The van der Waals surface area contributed by atoms with Crippen molar-refractivity contribution in [3.63, 3.8) is 0 Å². The number of rotatable bonds is 8. The van der Waals surface area contributed by atoms with Gasteiger partial charge in [0.05, 0.1) is 18.3 Å². The minimum absolute atomic E-state index is 0.278. The van der Waals surface area contributed by atoms with E-state index < -0.39 is 0 Å². The minimum atomic E-state index is 0.278. The lowest BCUT2D eigenvalue weighted by Crippen LogP contribution is -2.29. The Kier molecular flexibility index (Phi) is 7.61. The summed E-state index contributed by atoms with van der Waals surface area (Å²) in [6.07, 6.45) is 7.68. The Morgan fingerprint density at radius 2 is 1.80 bits per heavy atom. The van der Waals surface area contributed by atoms with Crippen LogP contribution in [-0.4, -0.2) is 12.8 Å². The van der Waals surface area contributed by atoms with Crippen molar-refractivity contribution in [3.8, 4) is 11.5 Å². The van der Waals surface area contributed by atoms with Gasteiger partial charge in [0.15, 0.2) is 11.5 Å². The van der Waals surface area contributed by atoms with Gasteiger partial charge >= 0.3 is 0 Å². The highest BCUT2D eigenvalue weighted by molar-refractivity contribution is 6.31. The number of nitrogens with zero attached hydrogens (tertiary/aromatic N) is 1. The van der Waals surface area contributed by atoms with Gasteiger partial charge in [0.25, 0.3) is 0 Å². The van der Waals surface area contributed by atoms with E-state index in [1.54, 1.807) is 0 Å². The van der Waals surface area contributed by atoms with Crippen LogP contribution >= 0.6 is 11.6 Å². The smallest absolute Gasteiger partial charge is 0.161 e. The molecule has 0 spiro atoms. The molecule has 0 unspecified atom stereocenters. The van der Waals surface area contributed by atoms with E-state index in [0.717, 1.165) is 23.2 Å². The number of aliphatic imine (C=N–C) groups is 1. The van der Waals surface area contributed by atoms with Gasteiger partial charge in [0.1, 0.15) is 6.61 Å². The second kappa shape index (κ2) is 11.6. The molecule has 2 aliphatic rings. The highest BCUT2D eigenvalue weighted by atomic mass is 35.5. The Morgan fingerprint density at radius 1 is 0.950 bits per heavy atom. The molecule has 4 aromatic carbocycles. The van der Waals surface area contributed by atoms with E-state index in [1.807, 2.05) is 55.6 Å². The zero-order valence-corrected chi connectivity index (χ0v) is 23.6. The third-order valence-corrected chi connectivity index (χ3v) is 8.11. The van der Waals surface area contributed by atoms with E-state index in [2.05, 4.69) is 66.9 Å². The summed E-state index contributed by atoms with van der Waals surface area (Å²) in [7, 11) is 0. The van der Waals surface area contributed by atoms with E-state index >= 15 is 0 Å². The molecule has 1 aliphatic carbocycles. The van der Waals surface area contributed by atoms with Crippen LogP contribution in [0.3, 0.4) is 0 Å². The number of nitrogens with one attached hydrogen (secondary N) is 1. The number of halogens is 1. The maximum absolute atomic E-state index is 6.28. The summed E-state index contributed by atoms with van der Waals surface area (Å²) in [5.74, 6) is 2.36. The van der Waals surface area contributed by atoms with Crippen LogP contribution in [0.2, 0.25) is 5.02 Å². The molecule has 0 radical (unpaired) electrons. The maximum atomic E-state index is 6.28. The van der Waals surface area contributed by atoms with Gasteiger partial charge in [0, 0.05) is 28.4 Å². The Bertz CT molecular complexity index is 1560. The van der Waals surface area contributed by atoms with Crippen molar-refractivity contribution in [1.29, 1.82) is 0 Å². The lowest BCUT2D eigenvalue weighted by atomic mass is 9.76. The van der Waals surface area contributed by atoms with E-state index in [1.165, 1.54) is 22.4 Å². The molecule has 4 aromatic rings. The van der Waals surface area contributed by atoms with E-state index in [-0.39, 0.29) is 6.04 Å². The number of fused-ring (bicyclic) bond motifs is 3. The summed E-state index contributed by atoms with van der Waals surface area (Å²) in [4.78, 5) is 4.74. The summed E-state index contributed by atoms with van der Waals surface area (Å²) < 4.78 is 11.9. The second-order valence-corrected chi connectivity index (χ2v) is 10.8. The average molecular weight is 549 g/mol. The van der Waals surface area contributed by atoms with Gasteiger partial charge in [-0.25, -0.2) is 0 Å². The van der Waals surface area contributed by atoms with E-state index in [0.29, 0.717) is 41.6 Å². The van der Waals surface area contributed by atoms with Gasteiger partial charge in [-0.3, -0.25) is 4.99 Å². The molecule has 0 bridgehead atoms. The lowest BCUT2D eigenvalue weighted by Gasteiger charge is -2.37. The summed E-state index contributed by atoms with van der Waals surface area (Å²) in [6, 6.07) is 29.2. The minimum Gasteiger partial charge on any atom is -0.490 e. The monoisotopic (exact) mass is 548 g/mol. The first-order valence-corrected chi connectivity index (χ1v) is 14.3. The van der Waals surface area contributed by atoms with Crippen molar-refractivity contribution in [2.45, 2.75) is 38.8 Å². The van der Waals surface area contributed by atoms with E-state index in [9.17, 15) is 0 Å². The molecule has 5 heteroatoms. The van der Waals surface area contributed by atoms with Crippen LogP contribution in [0, 0.1) is 12.8 Å². The fourth-order valence-electron chi connectivity index (χ4n) is 5.72. The summed E-state index contributed by atoms with van der Waals surface area (Å²) in [5.41, 5.74) is 8.06. The van der Waals surface area contributed by atoms with Crippen LogP contribution in [-0.2, 0) is 6.61 Å². The normalized spacial score (nSPS) is 19.2. The van der Waals surface area contributed by atoms with Crippen molar-refractivity contribution in [3.05, 3.63) is 130 Å². The highest BCUT2D eigenvalue weighted by Gasteiger charge is 2.37. The third kappa shape index (κ3) is 5.50. The molecule has 0 amide bonds. The standard InChI is InChI=1S/C35H33ClN2O2/c1-3-39-34-20-24(12-18-33(34)40-22-26-7-4-5-10-31(26)36)21-37-27-15-13-25(14-16-27)35-29-9-6-8-28(29)30-19-23(2)11-17-32(30)38-35/h4-8,10-21,28-29,35,38H,3,9,22H2,1-2H3/t28-,29+,35+/m1/s1. The molecule has 0 aromatic heterocycles. The molecule has 1 heterocycles. The largest absolute Gasteiger partial charge is 0.490 e. The third-order valence-electron chi connectivity index (χ3n) is 7.74. The SMILES string of the molecule is CCOc1cc(C=Nc2ccc([C@@H]3Nc4ccc(C)cc4[C@@H]4C=CC[C@@H]43)cc2)ccc1OCc1ccccc1Cl. The summed E-state index contributed by atoms with van der Waals surface area (Å²) >= 11 is 6.28. The average Bonchev–Trinajstić information content (AvgIpc) is 3.47. The van der Waals surface area contributed by atoms with Crippen LogP contribution < -0.4 is 14.8 Å². The summed E-state index contributed by atoms with van der Waals surface area (Å²) in [5, 5.41) is 4.51. The highest BCUT2D eigenvalue weighted by Crippen LogP contribution is 2.50. The first-order chi connectivity index (χ1) is 19.6. The van der Waals surface area contributed by atoms with Crippen molar-refractivity contribution >= 4 is 29.2 Å². The molecule has 3 atom stereocenters. The molecule has 0 saturated carbocycles. The van der Waals surface area contributed by atoms with Crippen molar-refractivity contribution in [1.82, 2.24) is 0 Å². The molecule has 0 fully saturated rings. The van der Waals surface area contributed by atoms with Crippen molar-refractivity contribution < 1.29 is 9.47 Å². The van der Waals surface area contributed by atoms with E-state index in [4.69, 9.17) is 26.1 Å². The van der Waals surface area contributed by atoms with Gasteiger partial charge in [-0.2, -0.15) is 0 Å². The van der Waals surface area contributed by atoms with Gasteiger partial charge in [0.2, 0.25) is 0 Å². The molecule has 1 N–H and O–H groups in total. The topological polar surface area (TPSA) is 42.8 Å². The van der Waals surface area contributed by atoms with Gasteiger partial charge in [-0.15, -0.1) is 0 Å². The van der Waals surface area contributed by atoms with Gasteiger partial charge in [-0.05, 0) is 85.3 Å². The predicted molar refractivity (Wildman–Crippen MR) is 165 cm³/mol. The number of aryl methyl sites for hydroxylation is 1. The first-order valence-electron chi connectivity index (χ1n) is 13.9. The zero-order chi connectivity index (χ0) is 27.5. The van der Waals surface area contributed by atoms with Crippen LogP contribution in [0.1, 0.15) is 53.1 Å². The number of allylic oxidation sites excluding steroid dienone is 2. The number of hydrogen-bond donors (Lipinski definition) is 1. The molecule has 4 nitrogen and oxygen atoms in total. The maximum Gasteiger partial charge on any atom is 0.161 e. The Labute approximate surface area is 241 Å². The number of ether oxygens (including phenoxy) is 2. The first kappa shape index (κ1) is 26.2. The molecule has 40 heavy (non-hydrogen) atoms. The van der Waals surface area contributed by atoms with Crippen LogP contribution in [0.5, 0.6) is 11.5 Å². The van der Waals surface area contributed by atoms with Crippen molar-refractivity contribution in [2.24, 2.45) is 10.9 Å². The fraction of sp³-hybridized carbons (Fsp3) is 0.229. The van der Waals surface area contributed by atoms with Crippen LogP contribution in [0.15, 0.2) is 102 Å². The summed E-state index contributed by atoms with van der Waals surface area (Å²) in [6.45, 7) is 5.05. The zero-order valence-electron chi connectivity index (χ0n) is 22.8. The number of anilines is 1. The fourth-order valence-corrected chi connectivity index (χ4v) is 5.91. The van der Waals surface area contributed by atoms with Crippen LogP contribution in [0.25, 0.3) is 0 Å². The molecule has 202 valence electrons. The quantitative estimate of drug-likeness (QED) is 0.176. The Balaban J connectivity index is 1.16.